The van der Waals surface area contributed by atoms with Crippen LogP contribution in [0.5, 0.6) is 0 Å². The van der Waals surface area contributed by atoms with Crippen molar-refractivity contribution < 1.29 is 24.3 Å². The third-order valence-corrected chi connectivity index (χ3v) is 5.08. The number of allylic oxidation sites excluding steroid dienone is 1. The lowest BCUT2D eigenvalue weighted by atomic mass is 9.86. The van der Waals surface area contributed by atoms with Crippen LogP contribution in [0.4, 0.5) is 0 Å². The van der Waals surface area contributed by atoms with Crippen molar-refractivity contribution in [3.63, 3.8) is 0 Å². The van der Waals surface area contributed by atoms with Crippen LogP contribution < -0.4 is 16.4 Å². The number of carbonyl (C=O) groups is 4. The largest absolute Gasteiger partial charge is 0.394 e. The van der Waals surface area contributed by atoms with Crippen molar-refractivity contribution in [2.45, 2.75) is 59.2 Å². The molecule has 0 aliphatic carbocycles. The Balaban J connectivity index is 3.11. The summed E-state index contributed by atoms with van der Waals surface area (Å²) >= 11 is 0. The van der Waals surface area contributed by atoms with Gasteiger partial charge in [0.25, 0.3) is 5.91 Å². The molecule has 0 spiro atoms. The highest BCUT2D eigenvalue weighted by Crippen LogP contribution is 2.29. The molecular formula is C21H34N4O5. The molecule has 9 heteroatoms. The van der Waals surface area contributed by atoms with E-state index >= 15 is 0 Å². The predicted molar refractivity (Wildman–Crippen MR) is 113 cm³/mol. The maximum atomic E-state index is 13.1. The summed E-state index contributed by atoms with van der Waals surface area (Å²) in [5.74, 6) is -2.92. The standard InChI is InChI=1S/C21H34N4O5/c1-7-9-23-19(29)16(27)14(11-26)24-18(28)15-13(12(2)3)8-10-25(15)20(30)17(22)21(4,5)6/h7,14-15,17,26H,1,8-11,22H2,2-6H3,(H,23,29)(H,24,28)/t14?,15-,17+/m0/s1. The molecule has 1 unspecified atom stereocenters. The number of Topliss-reactive ketones (excluding diaryl/α,β-unsaturated/α-hetero) is 1. The lowest BCUT2D eigenvalue weighted by Crippen LogP contribution is -2.58. The number of amides is 3. The molecule has 0 aromatic heterocycles. The summed E-state index contributed by atoms with van der Waals surface area (Å²) in [7, 11) is 0. The van der Waals surface area contributed by atoms with Gasteiger partial charge in [-0.3, -0.25) is 19.2 Å². The molecule has 1 heterocycles. The van der Waals surface area contributed by atoms with Crippen molar-refractivity contribution in [2.75, 3.05) is 19.7 Å². The Morgan fingerprint density at radius 1 is 1.30 bits per heavy atom. The summed E-state index contributed by atoms with van der Waals surface area (Å²) in [6.07, 6.45) is 1.90. The summed E-state index contributed by atoms with van der Waals surface area (Å²) in [6, 6.07) is -3.19. The summed E-state index contributed by atoms with van der Waals surface area (Å²) in [5.41, 5.74) is 7.26. The normalized spacial score (nSPS) is 18.4. The molecule has 3 atom stereocenters. The van der Waals surface area contributed by atoms with Crippen molar-refractivity contribution in [3.05, 3.63) is 23.8 Å². The van der Waals surface area contributed by atoms with Gasteiger partial charge in [0.1, 0.15) is 12.1 Å². The van der Waals surface area contributed by atoms with Crippen LogP contribution >= 0.6 is 0 Å². The Morgan fingerprint density at radius 2 is 1.90 bits per heavy atom. The van der Waals surface area contributed by atoms with Gasteiger partial charge in [0.2, 0.25) is 17.6 Å². The van der Waals surface area contributed by atoms with Gasteiger partial charge >= 0.3 is 0 Å². The zero-order valence-electron chi connectivity index (χ0n) is 18.4. The minimum Gasteiger partial charge on any atom is -0.394 e. The van der Waals surface area contributed by atoms with Gasteiger partial charge in [-0.2, -0.15) is 0 Å². The minimum atomic E-state index is -1.42. The van der Waals surface area contributed by atoms with Crippen LogP contribution in [-0.2, 0) is 19.2 Å². The first-order valence-electron chi connectivity index (χ1n) is 9.93. The number of nitrogens with two attached hydrogens (primary N) is 1. The van der Waals surface area contributed by atoms with Gasteiger partial charge < -0.3 is 26.4 Å². The summed E-state index contributed by atoms with van der Waals surface area (Å²) < 4.78 is 0. The number of ketones is 1. The fourth-order valence-corrected chi connectivity index (χ4v) is 3.16. The maximum absolute atomic E-state index is 13.1. The molecule has 0 radical (unpaired) electrons. The molecule has 1 saturated heterocycles. The number of nitrogens with one attached hydrogen (secondary N) is 2. The molecule has 5 N–H and O–H groups in total. The number of carbonyl (C=O) groups excluding carboxylic acids is 4. The van der Waals surface area contributed by atoms with Crippen molar-refractivity contribution in [1.82, 2.24) is 15.5 Å². The molecule has 0 aromatic rings. The number of likely N-dealkylation sites (tertiary alicyclic amines) is 1. The molecule has 168 valence electrons. The van der Waals surface area contributed by atoms with E-state index < -0.39 is 47.7 Å². The summed E-state index contributed by atoms with van der Waals surface area (Å²) in [4.78, 5) is 51.6. The van der Waals surface area contributed by atoms with Crippen molar-refractivity contribution >= 4 is 23.5 Å². The predicted octanol–water partition coefficient (Wildman–Crippen LogP) is -0.354. The monoisotopic (exact) mass is 422 g/mol. The van der Waals surface area contributed by atoms with E-state index in [0.29, 0.717) is 13.0 Å². The number of hydrogen-bond donors (Lipinski definition) is 4. The second kappa shape index (κ2) is 10.5. The van der Waals surface area contributed by atoms with Crippen molar-refractivity contribution in [3.8, 4) is 0 Å². The Hall–Kier alpha value is -2.52. The third kappa shape index (κ3) is 5.99. The van der Waals surface area contributed by atoms with Gasteiger partial charge in [0.15, 0.2) is 0 Å². The zero-order valence-corrected chi connectivity index (χ0v) is 18.4. The van der Waals surface area contributed by atoms with Gasteiger partial charge in [-0.05, 0) is 31.3 Å². The van der Waals surface area contributed by atoms with Crippen LogP contribution in [-0.4, -0.2) is 71.3 Å². The van der Waals surface area contributed by atoms with Crippen LogP contribution in [0.3, 0.4) is 0 Å². The van der Waals surface area contributed by atoms with Crippen LogP contribution in [0.15, 0.2) is 23.8 Å². The third-order valence-electron chi connectivity index (χ3n) is 5.08. The van der Waals surface area contributed by atoms with Crippen LogP contribution in [0, 0.1) is 5.41 Å². The lowest BCUT2D eigenvalue weighted by Gasteiger charge is -2.33. The average Bonchev–Trinajstić information content (AvgIpc) is 3.13. The fourth-order valence-electron chi connectivity index (χ4n) is 3.16. The average molecular weight is 423 g/mol. The van der Waals surface area contributed by atoms with Gasteiger partial charge in [-0.1, -0.05) is 32.4 Å². The summed E-state index contributed by atoms with van der Waals surface area (Å²) in [6.45, 7) is 12.3. The highest BCUT2D eigenvalue weighted by atomic mass is 16.3. The fraction of sp³-hybridized carbons (Fsp3) is 0.619. The number of rotatable bonds is 8. The lowest BCUT2D eigenvalue weighted by molar-refractivity contribution is -0.143. The molecule has 9 nitrogen and oxygen atoms in total. The quantitative estimate of drug-likeness (QED) is 0.311. The van der Waals surface area contributed by atoms with Crippen molar-refractivity contribution in [2.24, 2.45) is 11.1 Å². The van der Waals surface area contributed by atoms with Crippen LogP contribution in [0.1, 0.15) is 41.0 Å². The Morgan fingerprint density at radius 3 is 2.37 bits per heavy atom. The van der Waals surface area contributed by atoms with Crippen molar-refractivity contribution in [1.29, 1.82) is 0 Å². The highest BCUT2D eigenvalue weighted by Gasteiger charge is 2.43. The zero-order chi connectivity index (χ0) is 23.2. The molecule has 1 aliphatic heterocycles. The minimum absolute atomic E-state index is 0.0776. The smallest absolute Gasteiger partial charge is 0.289 e. The first kappa shape index (κ1) is 25.5. The Kier molecular flexibility index (Phi) is 8.92. The van der Waals surface area contributed by atoms with E-state index in [4.69, 9.17) is 5.73 Å². The van der Waals surface area contributed by atoms with E-state index in [0.717, 1.165) is 11.1 Å². The van der Waals surface area contributed by atoms with E-state index in [1.54, 1.807) is 0 Å². The molecule has 0 saturated carbocycles. The molecule has 1 aliphatic rings. The SMILES string of the molecule is C=CCNC(=O)C(=O)C(CO)NC(=O)[C@@H]1C(=C(C)C)CCN1C(=O)[C@@H](N)C(C)(C)C. The maximum Gasteiger partial charge on any atom is 0.289 e. The van der Waals surface area contributed by atoms with E-state index in [2.05, 4.69) is 17.2 Å². The number of nitrogens with zero attached hydrogens (tertiary/aromatic N) is 1. The number of aliphatic hydroxyl groups excluding tert-OH is 1. The molecule has 30 heavy (non-hydrogen) atoms. The van der Waals surface area contributed by atoms with Gasteiger partial charge in [-0.15, -0.1) is 6.58 Å². The van der Waals surface area contributed by atoms with Gasteiger partial charge in [0, 0.05) is 13.1 Å². The first-order valence-corrected chi connectivity index (χ1v) is 9.93. The molecule has 1 fully saturated rings. The number of aliphatic hydroxyl groups is 1. The van der Waals surface area contributed by atoms with Crippen LogP contribution in [0.25, 0.3) is 0 Å². The van der Waals surface area contributed by atoms with E-state index in [1.165, 1.54) is 11.0 Å². The second-order valence-corrected chi connectivity index (χ2v) is 8.66. The first-order chi connectivity index (χ1) is 13.9. The van der Waals surface area contributed by atoms with Gasteiger partial charge in [0.05, 0.1) is 12.6 Å². The summed E-state index contributed by atoms with van der Waals surface area (Å²) in [5, 5.41) is 14.3. The molecule has 0 aromatic carbocycles. The van der Waals surface area contributed by atoms with Gasteiger partial charge in [-0.25, -0.2) is 0 Å². The number of hydrogen-bond acceptors (Lipinski definition) is 6. The topological polar surface area (TPSA) is 142 Å². The molecule has 3 amide bonds. The molecule has 1 rings (SSSR count). The Bertz CT molecular complexity index is 734. The molecular weight excluding hydrogens is 388 g/mol. The van der Waals surface area contributed by atoms with Crippen LogP contribution in [0.2, 0.25) is 0 Å². The van der Waals surface area contributed by atoms with E-state index in [1.807, 2.05) is 34.6 Å². The second-order valence-electron chi connectivity index (χ2n) is 8.66. The molecule has 0 bridgehead atoms. The van der Waals surface area contributed by atoms with E-state index in [9.17, 15) is 24.3 Å². The van der Waals surface area contributed by atoms with E-state index in [-0.39, 0.29) is 12.5 Å². The Labute approximate surface area is 177 Å². The highest BCUT2D eigenvalue weighted by molar-refractivity contribution is 6.38.